The lowest BCUT2D eigenvalue weighted by Crippen LogP contribution is -2.08. The van der Waals surface area contributed by atoms with Gasteiger partial charge in [-0.25, -0.2) is 9.37 Å². The first-order chi connectivity index (χ1) is 9.24. The van der Waals surface area contributed by atoms with Gasteiger partial charge in [-0.2, -0.15) is 0 Å². The number of rotatable bonds is 3. The van der Waals surface area contributed by atoms with Crippen molar-refractivity contribution in [2.45, 2.75) is 31.7 Å². The second-order valence-electron chi connectivity index (χ2n) is 4.85. The maximum absolute atomic E-state index is 13.1. The molecule has 1 fully saturated rings. The maximum atomic E-state index is 13.1. The molecule has 0 radical (unpaired) electrons. The van der Waals surface area contributed by atoms with Crippen molar-refractivity contribution in [3.63, 3.8) is 0 Å². The lowest BCUT2D eigenvalue weighted by atomic mass is 10.2. The normalized spacial score (nSPS) is 15.9. The molecule has 3 rings (SSSR count). The van der Waals surface area contributed by atoms with Crippen LogP contribution in [0.5, 0.6) is 0 Å². The summed E-state index contributed by atoms with van der Waals surface area (Å²) < 4.78 is 16.0. The van der Waals surface area contributed by atoms with Crippen molar-refractivity contribution < 1.29 is 4.39 Å². The molecule has 5 heteroatoms. The minimum absolute atomic E-state index is 0.253. The fourth-order valence-corrected chi connectivity index (χ4v) is 3.05. The van der Waals surface area contributed by atoms with Crippen LogP contribution in [0.2, 0.25) is 0 Å². The Morgan fingerprint density at radius 3 is 2.84 bits per heavy atom. The summed E-state index contributed by atoms with van der Waals surface area (Å²) >= 11 is 3.36. The summed E-state index contributed by atoms with van der Waals surface area (Å²) in [7, 11) is 0. The summed E-state index contributed by atoms with van der Waals surface area (Å²) in [5, 5.41) is 3.26. The van der Waals surface area contributed by atoms with E-state index < -0.39 is 0 Å². The van der Waals surface area contributed by atoms with Crippen LogP contribution in [0.15, 0.2) is 35.1 Å². The fraction of sp³-hybridized carbons (Fsp3) is 0.357. The van der Waals surface area contributed by atoms with Crippen molar-refractivity contribution in [1.82, 2.24) is 9.55 Å². The van der Waals surface area contributed by atoms with Gasteiger partial charge < -0.3 is 9.88 Å². The highest BCUT2D eigenvalue weighted by molar-refractivity contribution is 9.10. The predicted octanol–water partition coefficient (Wildman–Crippen LogP) is 4.64. The molecule has 100 valence electrons. The molecule has 0 bridgehead atoms. The van der Waals surface area contributed by atoms with E-state index in [2.05, 4.69) is 30.8 Å². The monoisotopic (exact) mass is 323 g/mol. The predicted molar refractivity (Wildman–Crippen MR) is 77.1 cm³/mol. The van der Waals surface area contributed by atoms with Crippen molar-refractivity contribution in [2.75, 3.05) is 5.32 Å². The molecule has 0 atom stereocenters. The van der Waals surface area contributed by atoms with Crippen molar-refractivity contribution in [3.8, 4) is 0 Å². The van der Waals surface area contributed by atoms with E-state index in [4.69, 9.17) is 0 Å². The molecule has 0 amide bonds. The number of halogens is 2. The molecule has 1 aliphatic rings. The van der Waals surface area contributed by atoms with Gasteiger partial charge in [0.2, 0.25) is 5.95 Å². The number of hydrogen-bond donors (Lipinski definition) is 1. The highest BCUT2D eigenvalue weighted by atomic mass is 79.9. The number of nitrogens with one attached hydrogen (secondary N) is 1. The third-order valence-electron chi connectivity index (χ3n) is 3.56. The Morgan fingerprint density at radius 2 is 2.11 bits per heavy atom. The maximum Gasteiger partial charge on any atom is 0.207 e. The van der Waals surface area contributed by atoms with E-state index in [1.807, 2.05) is 6.20 Å². The van der Waals surface area contributed by atoms with E-state index in [0.29, 0.717) is 10.5 Å². The van der Waals surface area contributed by atoms with E-state index in [1.54, 1.807) is 12.3 Å². The molecule has 2 aromatic rings. The largest absolute Gasteiger partial charge is 0.325 e. The SMILES string of the molecule is Fc1ccc(Nc2nccn2C2CCCC2)c(Br)c1. The van der Waals surface area contributed by atoms with E-state index in [1.165, 1.54) is 37.8 Å². The number of imidazole rings is 1. The number of hydrogen-bond acceptors (Lipinski definition) is 2. The Morgan fingerprint density at radius 1 is 1.32 bits per heavy atom. The lowest BCUT2D eigenvalue weighted by Gasteiger charge is -2.16. The molecule has 1 saturated carbocycles. The zero-order chi connectivity index (χ0) is 13.2. The van der Waals surface area contributed by atoms with Gasteiger partial charge in [0.25, 0.3) is 0 Å². The molecule has 3 nitrogen and oxygen atoms in total. The molecule has 1 aliphatic carbocycles. The van der Waals surface area contributed by atoms with Crippen molar-refractivity contribution in [2.24, 2.45) is 0 Å². The van der Waals surface area contributed by atoms with Gasteiger partial charge in [-0.3, -0.25) is 0 Å². The van der Waals surface area contributed by atoms with Gasteiger partial charge in [0.1, 0.15) is 5.82 Å². The van der Waals surface area contributed by atoms with Crippen LogP contribution < -0.4 is 5.32 Å². The third kappa shape index (κ3) is 2.66. The van der Waals surface area contributed by atoms with Crippen LogP contribution in [0.4, 0.5) is 16.0 Å². The lowest BCUT2D eigenvalue weighted by molar-refractivity contribution is 0.525. The molecule has 1 heterocycles. The topological polar surface area (TPSA) is 29.9 Å². The molecular formula is C14H15BrFN3. The van der Waals surface area contributed by atoms with Gasteiger partial charge in [0, 0.05) is 22.9 Å². The standard InChI is InChI=1S/C14H15BrFN3/c15-12-9-10(16)5-6-13(12)18-14-17-7-8-19(14)11-3-1-2-4-11/h5-9,11H,1-4H2,(H,17,18). The van der Waals surface area contributed by atoms with E-state index >= 15 is 0 Å². The summed E-state index contributed by atoms with van der Waals surface area (Å²) in [6.07, 6.45) is 8.78. The quantitative estimate of drug-likeness (QED) is 0.891. The average Bonchev–Trinajstić information content (AvgIpc) is 3.03. The molecular weight excluding hydrogens is 309 g/mol. The summed E-state index contributed by atoms with van der Waals surface area (Å²) in [4.78, 5) is 4.36. The Kier molecular flexibility index (Phi) is 3.55. The minimum atomic E-state index is -0.253. The van der Waals surface area contributed by atoms with Gasteiger partial charge in [-0.05, 0) is 47.0 Å². The van der Waals surface area contributed by atoms with Gasteiger partial charge in [0.05, 0.1) is 5.69 Å². The zero-order valence-electron chi connectivity index (χ0n) is 10.4. The van der Waals surface area contributed by atoms with Crippen molar-refractivity contribution in [1.29, 1.82) is 0 Å². The first-order valence-electron chi connectivity index (χ1n) is 6.49. The fourth-order valence-electron chi connectivity index (χ4n) is 2.60. The van der Waals surface area contributed by atoms with Gasteiger partial charge in [-0.1, -0.05) is 12.8 Å². The molecule has 19 heavy (non-hydrogen) atoms. The van der Waals surface area contributed by atoms with Crippen molar-refractivity contribution in [3.05, 3.63) is 40.9 Å². The van der Waals surface area contributed by atoms with Crippen LogP contribution >= 0.6 is 15.9 Å². The molecule has 0 saturated heterocycles. The summed E-state index contributed by atoms with van der Waals surface area (Å²) in [6.45, 7) is 0. The molecule has 0 aliphatic heterocycles. The highest BCUT2D eigenvalue weighted by Gasteiger charge is 2.19. The molecule has 1 aromatic carbocycles. The van der Waals surface area contributed by atoms with Gasteiger partial charge in [-0.15, -0.1) is 0 Å². The van der Waals surface area contributed by atoms with Gasteiger partial charge >= 0.3 is 0 Å². The highest BCUT2D eigenvalue weighted by Crippen LogP contribution is 2.33. The number of anilines is 2. The number of benzene rings is 1. The van der Waals surface area contributed by atoms with E-state index in [0.717, 1.165) is 11.6 Å². The molecule has 0 unspecified atom stereocenters. The van der Waals surface area contributed by atoms with Gasteiger partial charge in [0.15, 0.2) is 0 Å². The van der Waals surface area contributed by atoms with Crippen molar-refractivity contribution >= 4 is 27.6 Å². The first kappa shape index (κ1) is 12.7. The Labute approximate surface area is 120 Å². The smallest absolute Gasteiger partial charge is 0.207 e. The number of nitrogens with zero attached hydrogens (tertiary/aromatic N) is 2. The Balaban J connectivity index is 1.85. The molecule has 0 spiro atoms. The second kappa shape index (κ2) is 5.33. The van der Waals surface area contributed by atoms with Crippen LogP contribution in [-0.2, 0) is 0 Å². The molecule has 1 aromatic heterocycles. The van der Waals surface area contributed by atoms with E-state index in [-0.39, 0.29) is 5.82 Å². The summed E-state index contributed by atoms with van der Waals surface area (Å²) in [5.74, 6) is 0.566. The number of aromatic nitrogens is 2. The third-order valence-corrected chi connectivity index (χ3v) is 4.22. The van der Waals surface area contributed by atoms with Crippen LogP contribution in [0.3, 0.4) is 0 Å². The second-order valence-corrected chi connectivity index (χ2v) is 5.70. The van der Waals surface area contributed by atoms with Crippen LogP contribution in [0.1, 0.15) is 31.7 Å². The first-order valence-corrected chi connectivity index (χ1v) is 7.28. The van der Waals surface area contributed by atoms with Crippen LogP contribution in [0, 0.1) is 5.82 Å². The summed E-state index contributed by atoms with van der Waals surface area (Å²) in [5.41, 5.74) is 0.826. The summed E-state index contributed by atoms with van der Waals surface area (Å²) in [6, 6.07) is 5.14. The van der Waals surface area contributed by atoms with E-state index in [9.17, 15) is 4.39 Å². The van der Waals surface area contributed by atoms with Crippen LogP contribution in [-0.4, -0.2) is 9.55 Å². The molecule has 1 N–H and O–H groups in total. The Bertz CT molecular complexity index is 576. The average molecular weight is 324 g/mol. The Hall–Kier alpha value is -1.36. The van der Waals surface area contributed by atoms with Crippen LogP contribution in [0.25, 0.3) is 0 Å². The minimum Gasteiger partial charge on any atom is -0.325 e. The zero-order valence-corrected chi connectivity index (χ0v) is 12.0.